The van der Waals surface area contributed by atoms with Crippen molar-refractivity contribution >= 4 is 11.9 Å². The lowest BCUT2D eigenvalue weighted by atomic mass is 10.0. The van der Waals surface area contributed by atoms with Crippen molar-refractivity contribution < 1.29 is 28.5 Å². The number of esters is 2. The van der Waals surface area contributed by atoms with Crippen LogP contribution in [0.15, 0.2) is 0 Å². The first-order valence-electron chi connectivity index (χ1n) is 5.14. The van der Waals surface area contributed by atoms with E-state index in [9.17, 15) is 9.59 Å². The third kappa shape index (κ3) is 2.17. The molecule has 0 amide bonds. The first-order valence-corrected chi connectivity index (χ1v) is 5.14. The van der Waals surface area contributed by atoms with E-state index in [4.69, 9.17) is 18.9 Å². The van der Waals surface area contributed by atoms with Crippen molar-refractivity contribution in [1.29, 1.82) is 0 Å². The Bertz CT molecular complexity index is 298. The van der Waals surface area contributed by atoms with Gasteiger partial charge in [-0.05, 0) is 6.92 Å². The second-order valence-corrected chi connectivity index (χ2v) is 3.96. The third-order valence-corrected chi connectivity index (χ3v) is 2.55. The lowest BCUT2D eigenvalue weighted by Crippen LogP contribution is -2.50. The lowest BCUT2D eigenvalue weighted by molar-refractivity contribution is -0.187. The van der Waals surface area contributed by atoms with E-state index in [2.05, 4.69) is 0 Å². The van der Waals surface area contributed by atoms with Crippen molar-refractivity contribution in [3.8, 4) is 0 Å². The molecule has 0 spiro atoms. The Morgan fingerprint density at radius 1 is 1.00 bits per heavy atom. The van der Waals surface area contributed by atoms with Crippen LogP contribution in [0.5, 0.6) is 0 Å². The summed E-state index contributed by atoms with van der Waals surface area (Å²) in [5.41, 5.74) is 0. The monoisotopic (exact) mass is 230 g/mol. The minimum absolute atomic E-state index is 0.315. The summed E-state index contributed by atoms with van der Waals surface area (Å²) in [7, 11) is 0. The molecule has 2 aliphatic rings. The summed E-state index contributed by atoms with van der Waals surface area (Å²) in [6.07, 6.45) is -2.19. The second kappa shape index (κ2) is 4.03. The lowest BCUT2D eigenvalue weighted by Gasteiger charge is -2.32. The molecule has 16 heavy (non-hydrogen) atoms. The van der Waals surface area contributed by atoms with Crippen molar-refractivity contribution in [2.45, 2.75) is 51.5 Å². The highest BCUT2D eigenvalue weighted by molar-refractivity contribution is 5.67. The smallest absolute Gasteiger partial charge is 0.303 e. The Labute approximate surface area is 92.8 Å². The predicted molar refractivity (Wildman–Crippen MR) is 50.3 cm³/mol. The molecule has 2 saturated heterocycles. The average molecular weight is 230 g/mol. The van der Waals surface area contributed by atoms with E-state index in [0.29, 0.717) is 0 Å². The van der Waals surface area contributed by atoms with Gasteiger partial charge in [0.15, 0.2) is 24.6 Å². The van der Waals surface area contributed by atoms with Gasteiger partial charge in [0.25, 0.3) is 0 Å². The molecule has 0 N–H and O–H groups in total. The van der Waals surface area contributed by atoms with E-state index in [-0.39, 0.29) is 18.5 Å². The normalized spacial score (nSPS) is 40.8. The van der Waals surface area contributed by atoms with E-state index >= 15 is 0 Å². The van der Waals surface area contributed by atoms with Gasteiger partial charge in [-0.25, -0.2) is 0 Å². The zero-order valence-electron chi connectivity index (χ0n) is 9.34. The minimum Gasteiger partial charge on any atom is -0.456 e. The molecular formula is C10H14O6. The Morgan fingerprint density at radius 2 is 1.56 bits per heavy atom. The average Bonchev–Trinajstić information content (AvgIpc) is 2.88. The Kier molecular flexibility index (Phi) is 2.86. The standard InChI is InChI=1S/C10H14O6/c1-4-7(14-5(2)11)8(15-6(3)12)9-10(13-4)16-9/h4,7-10H,1-3H3/t4-,7-,8+,9-,10-/m1/s1. The van der Waals surface area contributed by atoms with Gasteiger partial charge in [0, 0.05) is 13.8 Å². The van der Waals surface area contributed by atoms with E-state index < -0.39 is 24.1 Å². The second-order valence-electron chi connectivity index (χ2n) is 3.96. The largest absolute Gasteiger partial charge is 0.456 e. The molecular weight excluding hydrogens is 216 g/mol. The molecule has 6 nitrogen and oxygen atoms in total. The molecule has 2 rings (SSSR count). The molecule has 6 heteroatoms. The number of ether oxygens (including phenoxy) is 4. The van der Waals surface area contributed by atoms with Crippen molar-refractivity contribution in [2.75, 3.05) is 0 Å². The SMILES string of the molecule is CC(=O)O[C@@H]1[C@H]2O[C@H]2O[C@H](C)[C@H]1OC(C)=O. The maximum atomic E-state index is 11.0. The summed E-state index contributed by atoms with van der Waals surface area (Å²) < 4.78 is 20.8. The maximum absolute atomic E-state index is 11.0. The Hall–Kier alpha value is -1.14. The van der Waals surface area contributed by atoms with Crippen LogP contribution in [0.1, 0.15) is 20.8 Å². The molecule has 5 atom stereocenters. The molecule has 2 heterocycles. The van der Waals surface area contributed by atoms with Crippen LogP contribution < -0.4 is 0 Å². The topological polar surface area (TPSA) is 74.4 Å². The van der Waals surface area contributed by atoms with Crippen molar-refractivity contribution in [3.63, 3.8) is 0 Å². The molecule has 0 saturated carbocycles. The number of carbonyl (C=O) groups is 2. The first kappa shape index (κ1) is 11.3. The fraction of sp³-hybridized carbons (Fsp3) is 0.800. The Morgan fingerprint density at radius 3 is 2.12 bits per heavy atom. The molecule has 0 aromatic rings. The van der Waals surface area contributed by atoms with Crippen LogP contribution in [0.3, 0.4) is 0 Å². The van der Waals surface area contributed by atoms with Crippen molar-refractivity contribution in [1.82, 2.24) is 0 Å². The molecule has 2 aliphatic heterocycles. The molecule has 0 aromatic carbocycles. The zero-order valence-corrected chi connectivity index (χ0v) is 9.34. The fourth-order valence-electron chi connectivity index (χ4n) is 1.87. The van der Waals surface area contributed by atoms with E-state index in [1.54, 1.807) is 6.92 Å². The van der Waals surface area contributed by atoms with Gasteiger partial charge in [-0.1, -0.05) is 0 Å². The molecule has 0 aliphatic carbocycles. The van der Waals surface area contributed by atoms with Crippen LogP contribution in [-0.2, 0) is 28.5 Å². The van der Waals surface area contributed by atoms with Crippen molar-refractivity contribution in [2.24, 2.45) is 0 Å². The first-order chi connectivity index (χ1) is 7.49. The number of epoxide rings is 1. The molecule has 0 bridgehead atoms. The summed E-state index contributed by atoms with van der Waals surface area (Å²) in [5, 5.41) is 0. The third-order valence-electron chi connectivity index (χ3n) is 2.55. The van der Waals surface area contributed by atoms with Gasteiger partial charge >= 0.3 is 11.9 Å². The molecule has 2 fully saturated rings. The quantitative estimate of drug-likeness (QED) is 0.490. The summed E-state index contributed by atoms with van der Waals surface area (Å²) >= 11 is 0. The van der Waals surface area contributed by atoms with Crippen LogP contribution in [0.25, 0.3) is 0 Å². The van der Waals surface area contributed by atoms with Crippen LogP contribution in [0, 0.1) is 0 Å². The molecule has 90 valence electrons. The number of hydrogen-bond acceptors (Lipinski definition) is 6. The summed E-state index contributed by atoms with van der Waals surface area (Å²) in [6, 6.07) is 0. The van der Waals surface area contributed by atoms with E-state index in [0.717, 1.165) is 0 Å². The predicted octanol–water partition coefficient (Wildman–Crippen LogP) is -0.00660. The number of carbonyl (C=O) groups excluding carboxylic acids is 2. The number of rotatable bonds is 2. The van der Waals surface area contributed by atoms with Gasteiger partial charge in [-0.2, -0.15) is 0 Å². The van der Waals surface area contributed by atoms with Gasteiger partial charge in [0.1, 0.15) is 0 Å². The van der Waals surface area contributed by atoms with Crippen LogP contribution in [0.4, 0.5) is 0 Å². The van der Waals surface area contributed by atoms with Crippen LogP contribution in [0.2, 0.25) is 0 Å². The van der Waals surface area contributed by atoms with E-state index in [1.807, 2.05) is 0 Å². The van der Waals surface area contributed by atoms with Crippen LogP contribution >= 0.6 is 0 Å². The van der Waals surface area contributed by atoms with E-state index in [1.165, 1.54) is 13.8 Å². The highest BCUT2D eigenvalue weighted by Gasteiger charge is 2.58. The van der Waals surface area contributed by atoms with Gasteiger partial charge < -0.3 is 18.9 Å². The summed E-state index contributed by atoms with van der Waals surface area (Å²) in [4.78, 5) is 21.9. The minimum atomic E-state index is -0.606. The van der Waals surface area contributed by atoms with Gasteiger partial charge in [-0.15, -0.1) is 0 Å². The Balaban J connectivity index is 2.08. The zero-order chi connectivity index (χ0) is 11.9. The summed E-state index contributed by atoms with van der Waals surface area (Å²) in [5.74, 6) is -0.859. The number of fused-ring (bicyclic) bond motifs is 1. The molecule has 0 radical (unpaired) electrons. The summed E-state index contributed by atoms with van der Waals surface area (Å²) in [6.45, 7) is 4.36. The number of hydrogen-bond donors (Lipinski definition) is 0. The van der Waals surface area contributed by atoms with Gasteiger partial charge in [0.05, 0.1) is 6.10 Å². The molecule has 0 aromatic heterocycles. The fourth-order valence-corrected chi connectivity index (χ4v) is 1.87. The van der Waals surface area contributed by atoms with Crippen molar-refractivity contribution in [3.05, 3.63) is 0 Å². The van der Waals surface area contributed by atoms with Gasteiger partial charge in [-0.3, -0.25) is 9.59 Å². The highest BCUT2D eigenvalue weighted by Crippen LogP contribution is 2.38. The van der Waals surface area contributed by atoms with Crippen LogP contribution in [-0.4, -0.2) is 42.6 Å². The highest BCUT2D eigenvalue weighted by atomic mass is 16.8. The molecule has 0 unspecified atom stereocenters. The maximum Gasteiger partial charge on any atom is 0.303 e. The van der Waals surface area contributed by atoms with Gasteiger partial charge in [0.2, 0.25) is 0 Å².